The van der Waals surface area contributed by atoms with Crippen LogP contribution < -0.4 is 5.32 Å². The molecule has 0 aromatic carbocycles. The van der Waals surface area contributed by atoms with Crippen LogP contribution >= 0.6 is 0 Å². The summed E-state index contributed by atoms with van der Waals surface area (Å²) in [6.07, 6.45) is 8.30. The molecule has 0 heterocycles. The quantitative estimate of drug-likeness (QED) is 0.754. The fraction of sp³-hybridized carbons (Fsp3) is 0.889. The largest absolute Gasteiger partial charge is 0.480 e. The molecule has 1 amide bonds. The van der Waals surface area contributed by atoms with Crippen molar-refractivity contribution in [3.05, 3.63) is 0 Å². The zero-order chi connectivity index (χ0) is 16.6. The fourth-order valence-electron chi connectivity index (χ4n) is 5.67. The van der Waals surface area contributed by atoms with Crippen molar-refractivity contribution >= 4 is 11.9 Å². The van der Waals surface area contributed by atoms with Crippen molar-refractivity contribution in [2.45, 2.75) is 70.4 Å². The smallest absolute Gasteiger partial charge is 0.317 e. The van der Waals surface area contributed by atoms with Crippen molar-refractivity contribution in [1.29, 1.82) is 0 Å². The molecule has 5 nitrogen and oxygen atoms in total. The van der Waals surface area contributed by atoms with Gasteiger partial charge >= 0.3 is 5.97 Å². The molecule has 5 heteroatoms. The van der Waals surface area contributed by atoms with Crippen LogP contribution in [0.4, 0.5) is 0 Å². The van der Waals surface area contributed by atoms with Gasteiger partial charge in [0.25, 0.3) is 0 Å². The highest BCUT2D eigenvalue weighted by molar-refractivity contribution is 5.83. The molecule has 0 radical (unpaired) electrons. The summed E-state index contributed by atoms with van der Waals surface area (Å²) in [5.74, 6) is 1.53. The third kappa shape index (κ3) is 3.54. The Morgan fingerprint density at radius 3 is 2.13 bits per heavy atom. The van der Waals surface area contributed by atoms with Crippen LogP contribution in [-0.2, 0) is 9.59 Å². The third-order valence-electron chi connectivity index (χ3n) is 6.20. The second-order valence-corrected chi connectivity index (χ2v) is 8.23. The monoisotopic (exact) mass is 322 g/mol. The molecule has 0 saturated heterocycles. The Morgan fingerprint density at radius 2 is 1.70 bits per heavy atom. The molecule has 23 heavy (non-hydrogen) atoms. The summed E-state index contributed by atoms with van der Waals surface area (Å²) in [7, 11) is 0. The number of nitrogens with one attached hydrogen (secondary N) is 1. The normalized spacial score (nSPS) is 36.2. The molecule has 1 unspecified atom stereocenters. The number of carbonyl (C=O) groups excluding carboxylic acids is 1. The standard InChI is InChI=1S/C18H30N2O3/c1-3-4-20(11-16(21)22)12(2)17(23)19-18-8-13-5-14(9-18)7-15(6-13)10-18/h12-15H,3-11H2,1-2H3,(H,19,23)(H,21,22). The van der Waals surface area contributed by atoms with Gasteiger partial charge in [0, 0.05) is 5.54 Å². The third-order valence-corrected chi connectivity index (χ3v) is 6.20. The predicted molar refractivity (Wildman–Crippen MR) is 88.0 cm³/mol. The number of nitrogens with zero attached hydrogens (tertiary/aromatic N) is 1. The van der Waals surface area contributed by atoms with Crippen LogP contribution in [0.5, 0.6) is 0 Å². The fourth-order valence-corrected chi connectivity index (χ4v) is 5.67. The van der Waals surface area contributed by atoms with Crippen LogP contribution in [0.25, 0.3) is 0 Å². The maximum atomic E-state index is 12.8. The molecule has 1 atom stereocenters. The van der Waals surface area contributed by atoms with Crippen molar-refractivity contribution in [3.8, 4) is 0 Å². The van der Waals surface area contributed by atoms with E-state index in [0.29, 0.717) is 6.54 Å². The lowest BCUT2D eigenvalue weighted by atomic mass is 9.53. The SMILES string of the molecule is CCCN(CC(=O)O)C(C)C(=O)NC12CC3CC(CC(C3)C1)C2. The molecule has 4 aliphatic rings. The van der Waals surface area contributed by atoms with E-state index < -0.39 is 5.97 Å². The van der Waals surface area contributed by atoms with Crippen molar-refractivity contribution in [1.82, 2.24) is 10.2 Å². The van der Waals surface area contributed by atoms with Gasteiger partial charge in [-0.25, -0.2) is 0 Å². The maximum Gasteiger partial charge on any atom is 0.317 e. The van der Waals surface area contributed by atoms with Crippen LogP contribution in [0.15, 0.2) is 0 Å². The second-order valence-electron chi connectivity index (χ2n) is 8.23. The Bertz CT molecular complexity index is 442. The van der Waals surface area contributed by atoms with Crippen LogP contribution in [0.1, 0.15) is 58.8 Å². The second kappa shape index (κ2) is 6.42. The minimum atomic E-state index is -0.868. The first-order chi connectivity index (χ1) is 10.9. The Morgan fingerprint density at radius 1 is 1.17 bits per heavy atom. The van der Waals surface area contributed by atoms with Gasteiger partial charge in [0.15, 0.2) is 0 Å². The summed E-state index contributed by atoms with van der Waals surface area (Å²) >= 11 is 0. The summed E-state index contributed by atoms with van der Waals surface area (Å²) in [6.45, 7) is 4.43. The molecule has 4 bridgehead atoms. The first-order valence-electron chi connectivity index (χ1n) is 9.18. The van der Waals surface area contributed by atoms with E-state index in [2.05, 4.69) is 5.32 Å². The highest BCUT2D eigenvalue weighted by Gasteiger charge is 2.51. The van der Waals surface area contributed by atoms with E-state index in [0.717, 1.165) is 43.4 Å². The number of amides is 1. The van der Waals surface area contributed by atoms with E-state index in [1.165, 1.54) is 19.3 Å². The van der Waals surface area contributed by atoms with Crippen LogP contribution in [0, 0.1) is 17.8 Å². The van der Waals surface area contributed by atoms with Crippen molar-refractivity contribution in [2.75, 3.05) is 13.1 Å². The Labute approximate surface area is 138 Å². The zero-order valence-corrected chi connectivity index (χ0v) is 14.4. The molecule has 130 valence electrons. The number of hydrogen-bond acceptors (Lipinski definition) is 3. The van der Waals surface area contributed by atoms with Crippen molar-refractivity contribution in [3.63, 3.8) is 0 Å². The topological polar surface area (TPSA) is 69.6 Å². The van der Waals surface area contributed by atoms with Gasteiger partial charge in [0.05, 0.1) is 12.6 Å². The number of carbonyl (C=O) groups is 2. The number of carboxylic acid groups (broad SMARTS) is 1. The summed E-state index contributed by atoms with van der Waals surface area (Å²) in [4.78, 5) is 25.6. The maximum absolute atomic E-state index is 12.8. The summed E-state index contributed by atoms with van der Waals surface area (Å²) in [5, 5.41) is 12.4. The minimum absolute atomic E-state index is 0.00119. The van der Waals surface area contributed by atoms with Gasteiger partial charge in [-0.15, -0.1) is 0 Å². The number of aliphatic carboxylic acids is 1. The number of carboxylic acids is 1. The van der Waals surface area contributed by atoms with Crippen molar-refractivity contribution < 1.29 is 14.7 Å². The highest BCUT2D eigenvalue weighted by Crippen LogP contribution is 2.55. The Hall–Kier alpha value is -1.10. The van der Waals surface area contributed by atoms with Gasteiger partial charge in [0.1, 0.15) is 0 Å². The van der Waals surface area contributed by atoms with Gasteiger partial charge < -0.3 is 10.4 Å². The zero-order valence-electron chi connectivity index (χ0n) is 14.4. The van der Waals surface area contributed by atoms with Crippen molar-refractivity contribution in [2.24, 2.45) is 17.8 Å². The van der Waals surface area contributed by atoms with Crippen LogP contribution in [0.3, 0.4) is 0 Å². The molecule has 0 spiro atoms. The lowest BCUT2D eigenvalue weighted by Crippen LogP contribution is -2.62. The molecular formula is C18H30N2O3. The molecule has 0 aromatic rings. The Balaban J connectivity index is 1.64. The summed E-state index contributed by atoms with van der Waals surface area (Å²) in [5.41, 5.74) is 0.00119. The lowest BCUT2D eigenvalue weighted by molar-refractivity contribution is -0.140. The van der Waals surface area contributed by atoms with E-state index in [9.17, 15) is 9.59 Å². The molecular weight excluding hydrogens is 292 g/mol. The summed E-state index contributed by atoms with van der Waals surface area (Å²) in [6, 6.07) is -0.376. The first-order valence-corrected chi connectivity index (χ1v) is 9.18. The average Bonchev–Trinajstić information content (AvgIpc) is 2.43. The molecule has 4 rings (SSSR count). The van der Waals surface area contributed by atoms with E-state index in [1.54, 1.807) is 4.90 Å². The number of rotatable bonds is 7. The predicted octanol–water partition coefficient (Wildman–Crippen LogP) is 2.26. The first kappa shape index (κ1) is 16.7. The molecule has 4 fully saturated rings. The number of hydrogen-bond donors (Lipinski definition) is 2. The molecule has 4 aliphatic carbocycles. The van der Waals surface area contributed by atoms with E-state index >= 15 is 0 Å². The lowest BCUT2D eigenvalue weighted by Gasteiger charge is -2.57. The van der Waals surface area contributed by atoms with Gasteiger partial charge in [-0.2, -0.15) is 0 Å². The Kier molecular flexibility index (Phi) is 4.68. The summed E-state index contributed by atoms with van der Waals surface area (Å²) < 4.78 is 0. The van der Waals surface area contributed by atoms with Crippen LogP contribution in [0.2, 0.25) is 0 Å². The van der Waals surface area contributed by atoms with Crippen LogP contribution in [-0.4, -0.2) is 46.6 Å². The molecule has 0 aromatic heterocycles. The van der Waals surface area contributed by atoms with E-state index in [4.69, 9.17) is 5.11 Å². The average molecular weight is 322 g/mol. The molecule has 2 N–H and O–H groups in total. The van der Waals surface area contributed by atoms with Gasteiger partial charge in [-0.1, -0.05) is 6.92 Å². The minimum Gasteiger partial charge on any atom is -0.480 e. The van der Waals surface area contributed by atoms with Gasteiger partial charge in [0.2, 0.25) is 5.91 Å². The highest BCUT2D eigenvalue weighted by atomic mass is 16.4. The van der Waals surface area contributed by atoms with E-state index in [1.807, 2.05) is 13.8 Å². The van der Waals surface area contributed by atoms with Gasteiger partial charge in [-0.05, 0) is 76.2 Å². The van der Waals surface area contributed by atoms with E-state index in [-0.39, 0.29) is 24.0 Å². The van der Waals surface area contributed by atoms with Gasteiger partial charge in [-0.3, -0.25) is 14.5 Å². The molecule has 4 saturated carbocycles. The molecule has 0 aliphatic heterocycles.